The number of aromatic nitrogens is 3. The average Bonchev–Trinajstić information content (AvgIpc) is 3.00. The van der Waals surface area contributed by atoms with Gasteiger partial charge in [-0.2, -0.15) is 0 Å². The van der Waals surface area contributed by atoms with Crippen LogP contribution >= 0.6 is 0 Å². The van der Waals surface area contributed by atoms with Gasteiger partial charge in [-0.1, -0.05) is 0 Å². The van der Waals surface area contributed by atoms with Crippen LogP contribution in [-0.4, -0.2) is 38.3 Å². The topological polar surface area (TPSA) is 76.2 Å². The molecule has 2 aliphatic rings. The zero-order valence-corrected chi connectivity index (χ0v) is 13.9. The number of hydrogen-bond acceptors (Lipinski definition) is 4. The van der Waals surface area contributed by atoms with Crippen LogP contribution in [0.4, 0.5) is 4.79 Å². The highest BCUT2D eigenvalue weighted by Gasteiger charge is 2.37. The number of carbonyl (C=O) groups excluding carboxylic acids is 1. The summed E-state index contributed by atoms with van der Waals surface area (Å²) in [5.41, 5.74) is 0. The lowest BCUT2D eigenvalue weighted by molar-refractivity contribution is 0.166. The third kappa shape index (κ3) is 2.90. The van der Waals surface area contributed by atoms with Crippen LogP contribution in [-0.2, 0) is 19.4 Å². The fourth-order valence-corrected chi connectivity index (χ4v) is 3.44. The molecule has 0 spiro atoms. The van der Waals surface area contributed by atoms with Crippen molar-refractivity contribution in [2.45, 2.75) is 57.7 Å². The molecule has 24 heavy (non-hydrogen) atoms. The number of aryl methyl sites for hydroxylation is 1. The summed E-state index contributed by atoms with van der Waals surface area (Å²) >= 11 is 0. The predicted molar refractivity (Wildman–Crippen MR) is 87.4 cm³/mol. The summed E-state index contributed by atoms with van der Waals surface area (Å²) in [6.07, 6.45) is 6.65. The van der Waals surface area contributed by atoms with Crippen molar-refractivity contribution in [3.63, 3.8) is 0 Å². The molecule has 7 nitrogen and oxygen atoms in total. The number of nitrogens with one attached hydrogen (secondary N) is 1. The number of urea groups is 1. The molecule has 2 amide bonds. The maximum Gasteiger partial charge on any atom is 0.318 e. The zero-order valence-electron chi connectivity index (χ0n) is 13.9. The van der Waals surface area contributed by atoms with Crippen LogP contribution in [0.25, 0.3) is 0 Å². The number of furan rings is 1. The van der Waals surface area contributed by atoms with Gasteiger partial charge in [0, 0.05) is 32.0 Å². The number of nitrogens with zero attached hydrogens (tertiary/aromatic N) is 4. The van der Waals surface area contributed by atoms with E-state index in [4.69, 9.17) is 4.42 Å². The molecule has 128 valence electrons. The summed E-state index contributed by atoms with van der Waals surface area (Å²) in [6, 6.07) is 4.03. The second-order valence-corrected chi connectivity index (χ2v) is 6.60. The van der Waals surface area contributed by atoms with E-state index in [0.717, 1.165) is 49.6 Å². The minimum atomic E-state index is -0.0511. The van der Waals surface area contributed by atoms with Crippen molar-refractivity contribution in [3.8, 4) is 0 Å². The van der Waals surface area contributed by atoms with E-state index in [2.05, 4.69) is 20.1 Å². The summed E-state index contributed by atoms with van der Waals surface area (Å²) in [7, 11) is 0. The molecule has 1 aliphatic heterocycles. The standard InChI is InChI=1S/C17H23N5O2/c1-12(14-4-3-11-24-14)22(13-6-7-13)17(23)18-9-8-16-20-19-15-5-2-10-21(15)16/h3-4,11-13H,2,5-10H2,1H3,(H,18,23)/t12-/m0/s1. The maximum atomic E-state index is 12.7. The molecule has 2 aromatic rings. The lowest BCUT2D eigenvalue weighted by atomic mass is 10.2. The molecule has 2 aromatic heterocycles. The quantitative estimate of drug-likeness (QED) is 0.882. The highest BCUT2D eigenvalue weighted by Crippen LogP contribution is 2.34. The second kappa shape index (κ2) is 6.30. The van der Waals surface area contributed by atoms with Crippen LogP contribution in [0.15, 0.2) is 22.8 Å². The Morgan fingerprint density at radius 3 is 3.12 bits per heavy atom. The van der Waals surface area contributed by atoms with E-state index >= 15 is 0 Å². The molecule has 0 aromatic carbocycles. The third-order valence-corrected chi connectivity index (χ3v) is 4.86. The van der Waals surface area contributed by atoms with Gasteiger partial charge >= 0.3 is 6.03 Å². The van der Waals surface area contributed by atoms with E-state index in [1.165, 1.54) is 0 Å². The van der Waals surface area contributed by atoms with Gasteiger partial charge in [-0.15, -0.1) is 10.2 Å². The molecule has 4 rings (SSSR count). The minimum absolute atomic E-state index is 0.0254. The smallest absolute Gasteiger partial charge is 0.318 e. The van der Waals surface area contributed by atoms with Crippen molar-refractivity contribution < 1.29 is 9.21 Å². The third-order valence-electron chi connectivity index (χ3n) is 4.86. The summed E-state index contributed by atoms with van der Waals surface area (Å²) in [5, 5.41) is 11.5. The summed E-state index contributed by atoms with van der Waals surface area (Å²) in [6.45, 7) is 3.59. The molecule has 0 unspecified atom stereocenters. The van der Waals surface area contributed by atoms with Gasteiger partial charge in [0.05, 0.1) is 12.3 Å². The van der Waals surface area contributed by atoms with Crippen molar-refractivity contribution in [2.75, 3.05) is 6.54 Å². The molecule has 1 fully saturated rings. The molecule has 1 saturated carbocycles. The number of carbonyl (C=O) groups is 1. The van der Waals surface area contributed by atoms with Gasteiger partial charge in [0.15, 0.2) is 0 Å². The second-order valence-electron chi connectivity index (χ2n) is 6.60. The van der Waals surface area contributed by atoms with Gasteiger partial charge in [-0.25, -0.2) is 4.79 Å². The molecule has 0 radical (unpaired) electrons. The molecule has 7 heteroatoms. The van der Waals surface area contributed by atoms with Crippen molar-refractivity contribution in [1.29, 1.82) is 0 Å². The Bertz CT molecular complexity index is 705. The largest absolute Gasteiger partial charge is 0.467 e. The first kappa shape index (κ1) is 15.2. The fourth-order valence-electron chi connectivity index (χ4n) is 3.44. The van der Waals surface area contributed by atoms with E-state index in [-0.39, 0.29) is 12.1 Å². The Kier molecular flexibility index (Phi) is 4.00. The first-order valence-electron chi connectivity index (χ1n) is 8.74. The molecule has 1 atom stereocenters. The Hall–Kier alpha value is -2.31. The first-order valence-corrected chi connectivity index (χ1v) is 8.74. The van der Waals surface area contributed by atoms with Crippen LogP contribution in [0, 0.1) is 0 Å². The number of amides is 2. The maximum absolute atomic E-state index is 12.7. The predicted octanol–water partition coefficient (Wildman–Crippen LogP) is 2.30. The van der Waals surface area contributed by atoms with Crippen LogP contribution in [0.3, 0.4) is 0 Å². The van der Waals surface area contributed by atoms with Crippen LogP contribution in [0.2, 0.25) is 0 Å². The molecule has 0 bridgehead atoms. The lowest BCUT2D eigenvalue weighted by Crippen LogP contribution is -2.43. The van der Waals surface area contributed by atoms with Gasteiger partial charge in [-0.3, -0.25) is 0 Å². The van der Waals surface area contributed by atoms with Crippen LogP contribution in [0.5, 0.6) is 0 Å². The monoisotopic (exact) mass is 329 g/mol. The molecular weight excluding hydrogens is 306 g/mol. The molecular formula is C17H23N5O2. The molecule has 1 aliphatic carbocycles. The molecule has 1 N–H and O–H groups in total. The SMILES string of the molecule is C[C@@H](c1ccco1)N(C(=O)NCCc1nnc2n1CCC2)C1CC1. The van der Waals surface area contributed by atoms with Gasteiger partial charge in [0.1, 0.15) is 17.4 Å². The highest BCUT2D eigenvalue weighted by atomic mass is 16.3. The number of hydrogen-bond donors (Lipinski definition) is 1. The normalized spacial score (nSPS) is 17.5. The van der Waals surface area contributed by atoms with Crippen LogP contribution in [0.1, 0.15) is 49.6 Å². The Morgan fingerprint density at radius 2 is 2.38 bits per heavy atom. The molecule has 3 heterocycles. The van der Waals surface area contributed by atoms with Gasteiger partial charge in [0.2, 0.25) is 0 Å². The van der Waals surface area contributed by atoms with Crippen molar-refractivity contribution in [2.24, 2.45) is 0 Å². The average molecular weight is 329 g/mol. The van der Waals surface area contributed by atoms with E-state index in [0.29, 0.717) is 19.0 Å². The Balaban J connectivity index is 1.35. The Morgan fingerprint density at radius 1 is 1.50 bits per heavy atom. The van der Waals surface area contributed by atoms with E-state index < -0.39 is 0 Å². The summed E-state index contributed by atoms with van der Waals surface area (Å²) in [4.78, 5) is 14.6. The van der Waals surface area contributed by atoms with Gasteiger partial charge in [0.25, 0.3) is 0 Å². The zero-order chi connectivity index (χ0) is 16.5. The summed E-state index contributed by atoms with van der Waals surface area (Å²) in [5.74, 6) is 2.87. The fraction of sp³-hybridized carbons (Fsp3) is 0.588. The van der Waals surface area contributed by atoms with Crippen molar-refractivity contribution >= 4 is 6.03 Å². The van der Waals surface area contributed by atoms with E-state index in [9.17, 15) is 4.79 Å². The Labute approximate surface area is 141 Å². The first-order chi connectivity index (χ1) is 11.7. The van der Waals surface area contributed by atoms with Gasteiger partial charge in [-0.05, 0) is 38.3 Å². The number of rotatable bonds is 6. The summed E-state index contributed by atoms with van der Waals surface area (Å²) < 4.78 is 7.65. The van der Waals surface area contributed by atoms with Gasteiger partial charge < -0.3 is 19.2 Å². The van der Waals surface area contributed by atoms with E-state index in [1.54, 1.807) is 6.26 Å². The van der Waals surface area contributed by atoms with Crippen LogP contribution < -0.4 is 5.32 Å². The number of fused-ring (bicyclic) bond motifs is 1. The minimum Gasteiger partial charge on any atom is -0.467 e. The lowest BCUT2D eigenvalue weighted by Gasteiger charge is -2.28. The van der Waals surface area contributed by atoms with Crippen molar-refractivity contribution in [3.05, 3.63) is 35.8 Å². The highest BCUT2D eigenvalue weighted by molar-refractivity contribution is 5.75. The molecule has 0 saturated heterocycles. The van der Waals surface area contributed by atoms with Crippen molar-refractivity contribution in [1.82, 2.24) is 25.0 Å². The van der Waals surface area contributed by atoms with E-state index in [1.807, 2.05) is 24.0 Å².